The van der Waals surface area contributed by atoms with E-state index in [9.17, 15) is 0 Å². The Morgan fingerprint density at radius 1 is 0.284 bits per heavy atom. The average Bonchev–Trinajstić information content (AvgIpc) is 3.98. The first-order valence-electron chi connectivity index (χ1n) is 23.1. The maximum atomic E-state index is 7.37. The predicted molar refractivity (Wildman–Crippen MR) is 281 cm³/mol. The Morgan fingerprint density at radius 2 is 0.687 bits per heavy atom. The Balaban J connectivity index is 1.14. The summed E-state index contributed by atoms with van der Waals surface area (Å²) < 4.78 is 14.7. The molecule has 0 aliphatic carbocycles. The summed E-state index contributed by atoms with van der Waals surface area (Å²) in [6.07, 6.45) is 0. The highest BCUT2D eigenvalue weighted by Gasteiger charge is 2.50. The fraction of sp³-hybridized carbons (Fsp3) is 0. The quantitative estimate of drug-likeness (QED) is 0.130. The number of hydrogen-bond donors (Lipinski definition) is 0. The highest BCUT2D eigenvalue weighted by molar-refractivity contribution is 7.01. The van der Waals surface area contributed by atoms with E-state index in [0.717, 1.165) is 89.5 Å². The zero-order valence-corrected chi connectivity index (χ0v) is 36.2. The van der Waals surface area contributed by atoms with Crippen LogP contribution in [-0.2, 0) is 0 Å². The van der Waals surface area contributed by atoms with Crippen molar-refractivity contribution in [2.45, 2.75) is 0 Å². The van der Waals surface area contributed by atoms with E-state index < -0.39 is 0 Å². The van der Waals surface area contributed by atoms with Crippen molar-refractivity contribution in [2.24, 2.45) is 0 Å². The Hall–Kier alpha value is -8.80. The van der Waals surface area contributed by atoms with Gasteiger partial charge in [-0.15, -0.1) is 0 Å². The summed E-state index contributed by atoms with van der Waals surface area (Å²) in [5.41, 5.74) is 14.9. The number of furan rings is 2. The molecule has 4 nitrogen and oxygen atoms in total. The number of rotatable bonds is 4. The molecule has 15 rings (SSSR count). The smallest absolute Gasteiger partial charge is 0.302 e. The molecular formula is C62H37BN2O2. The summed E-state index contributed by atoms with van der Waals surface area (Å²) in [4.78, 5) is 5.00. The van der Waals surface area contributed by atoms with E-state index in [0.29, 0.717) is 0 Å². The molecule has 2 aromatic heterocycles. The molecule has 0 atom stereocenters. The Labute approximate surface area is 386 Å². The summed E-state index contributed by atoms with van der Waals surface area (Å²) in [6.45, 7) is -0.293. The second-order valence-electron chi connectivity index (χ2n) is 17.8. The lowest BCUT2D eigenvalue weighted by Gasteiger charge is -2.42. The van der Waals surface area contributed by atoms with E-state index >= 15 is 0 Å². The second-order valence-corrected chi connectivity index (χ2v) is 17.8. The maximum absolute atomic E-state index is 7.37. The van der Waals surface area contributed by atoms with Crippen LogP contribution in [-0.4, -0.2) is 6.71 Å². The van der Waals surface area contributed by atoms with Gasteiger partial charge in [0.05, 0.1) is 22.7 Å². The van der Waals surface area contributed by atoms with Gasteiger partial charge in [-0.1, -0.05) is 194 Å². The van der Waals surface area contributed by atoms with Gasteiger partial charge in [0.15, 0.2) is 0 Å². The molecule has 310 valence electrons. The third kappa shape index (κ3) is 4.97. The molecule has 0 saturated heterocycles. The molecule has 11 aromatic carbocycles. The van der Waals surface area contributed by atoms with Crippen molar-refractivity contribution in [3.8, 4) is 22.3 Å². The maximum Gasteiger partial charge on any atom is 0.302 e. The lowest BCUT2D eigenvalue weighted by molar-refractivity contribution is 0.622. The summed E-state index contributed by atoms with van der Waals surface area (Å²) >= 11 is 0. The van der Waals surface area contributed by atoms with Gasteiger partial charge in [-0.2, -0.15) is 0 Å². The van der Waals surface area contributed by atoms with Gasteiger partial charge < -0.3 is 13.7 Å². The molecule has 0 radical (unpaired) electrons. The van der Waals surface area contributed by atoms with Crippen molar-refractivity contribution in [3.05, 3.63) is 224 Å². The third-order valence-corrected chi connectivity index (χ3v) is 14.4. The molecule has 0 spiro atoms. The number of fused-ring (bicyclic) bond motifs is 14. The van der Waals surface area contributed by atoms with Crippen LogP contribution in [0.4, 0.5) is 34.3 Å². The standard InChI is InChI=1S/C62H37BN2O2/c1-3-20-38(21-4-1)54-44-28-11-7-24-40(44)42-26-9-13-30-46(42)58(54)64-50-34-19-35-51-57(50)63(61-60(64)49-33-16-18-37-53(49)66-61)56-48-32-15-17-36-52(48)67-62(56)65(51)59-47-31-14-10-27-43(47)41-25-8-12-29-45(41)55(59)39-22-5-2-6-23-39/h1-37H. The van der Waals surface area contributed by atoms with Gasteiger partial charge >= 0.3 is 6.71 Å². The number of hydrogen-bond acceptors (Lipinski definition) is 4. The van der Waals surface area contributed by atoms with E-state index in [1.807, 2.05) is 0 Å². The van der Waals surface area contributed by atoms with Gasteiger partial charge in [0.25, 0.3) is 0 Å². The molecule has 0 amide bonds. The van der Waals surface area contributed by atoms with E-state index in [4.69, 9.17) is 8.83 Å². The molecule has 5 heteroatoms. The summed E-state index contributed by atoms with van der Waals surface area (Å²) in [5.74, 6) is 0.800. The van der Waals surface area contributed by atoms with Gasteiger partial charge in [-0.05, 0) is 79.2 Å². The third-order valence-electron chi connectivity index (χ3n) is 14.4. The minimum Gasteiger partial charge on any atom is -0.468 e. The monoisotopic (exact) mass is 852 g/mol. The highest BCUT2D eigenvalue weighted by atomic mass is 16.4. The van der Waals surface area contributed by atoms with Crippen LogP contribution >= 0.6 is 0 Å². The minimum atomic E-state index is -0.293. The van der Waals surface area contributed by atoms with Gasteiger partial charge in [-0.25, -0.2) is 0 Å². The van der Waals surface area contributed by atoms with Crippen LogP contribution in [0.5, 0.6) is 0 Å². The normalized spacial score (nSPS) is 13.0. The Kier molecular flexibility index (Phi) is 7.55. The Morgan fingerprint density at radius 3 is 1.24 bits per heavy atom. The SMILES string of the molecule is c1ccc(-c2c(N3c4cccc5c4B(c4oc6ccccc6c4N5c4c(-c5ccccc5)c5ccccc5c5ccccc45)c4c3oc3ccccc43)c3ccccc3c3ccccc23)cc1. The van der Waals surface area contributed by atoms with Gasteiger partial charge in [-0.3, -0.25) is 4.90 Å². The fourth-order valence-electron chi connectivity index (χ4n) is 11.8. The zero-order valence-electron chi connectivity index (χ0n) is 36.2. The molecule has 0 saturated carbocycles. The minimum absolute atomic E-state index is 0.293. The fourth-order valence-corrected chi connectivity index (χ4v) is 11.8. The van der Waals surface area contributed by atoms with Crippen molar-refractivity contribution >= 4 is 123 Å². The largest absolute Gasteiger partial charge is 0.468 e. The topological polar surface area (TPSA) is 32.8 Å². The van der Waals surface area contributed by atoms with Crippen molar-refractivity contribution in [3.63, 3.8) is 0 Å². The first kappa shape index (κ1) is 36.5. The molecule has 13 aromatic rings. The second kappa shape index (κ2) is 13.9. The zero-order chi connectivity index (χ0) is 43.7. The van der Waals surface area contributed by atoms with Crippen molar-refractivity contribution in [1.29, 1.82) is 0 Å². The highest BCUT2D eigenvalue weighted by Crippen LogP contribution is 2.55. The molecule has 67 heavy (non-hydrogen) atoms. The Bertz CT molecular complexity index is 4190. The molecular weight excluding hydrogens is 816 g/mol. The summed E-state index contributed by atoms with van der Waals surface area (Å²) in [5, 5.41) is 11.7. The predicted octanol–water partition coefficient (Wildman–Crippen LogP) is 15.2. The molecule has 2 aliphatic rings. The lowest BCUT2D eigenvalue weighted by atomic mass is 9.35. The molecule has 4 heterocycles. The van der Waals surface area contributed by atoms with Crippen molar-refractivity contribution in [1.82, 2.24) is 0 Å². The van der Waals surface area contributed by atoms with Crippen molar-refractivity contribution in [2.75, 3.05) is 9.80 Å². The van der Waals surface area contributed by atoms with Crippen LogP contribution in [0, 0.1) is 0 Å². The van der Waals surface area contributed by atoms with E-state index in [1.165, 1.54) is 48.7 Å². The average molecular weight is 853 g/mol. The molecule has 2 aliphatic heterocycles. The van der Waals surface area contributed by atoms with Crippen LogP contribution in [0.1, 0.15) is 0 Å². The van der Waals surface area contributed by atoms with Gasteiger partial charge in [0, 0.05) is 49.5 Å². The van der Waals surface area contributed by atoms with Gasteiger partial charge in [0.2, 0.25) is 5.88 Å². The number of para-hydroxylation sites is 2. The van der Waals surface area contributed by atoms with E-state index in [1.54, 1.807) is 0 Å². The van der Waals surface area contributed by atoms with E-state index in [2.05, 4.69) is 234 Å². The van der Waals surface area contributed by atoms with Crippen molar-refractivity contribution < 1.29 is 8.83 Å². The summed E-state index contributed by atoms with van der Waals surface area (Å²) in [6, 6.07) is 81.3. The van der Waals surface area contributed by atoms with Crippen LogP contribution in [0.3, 0.4) is 0 Å². The van der Waals surface area contributed by atoms with Crippen LogP contribution in [0.2, 0.25) is 0 Å². The molecule has 0 unspecified atom stereocenters. The lowest BCUT2D eigenvalue weighted by Crippen LogP contribution is -2.60. The molecule has 0 bridgehead atoms. The van der Waals surface area contributed by atoms with E-state index in [-0.39, 0.29) is 6.71 Å². The molecule has 0 fully saturated rings. The molecule has 0 N–H and O–H groups in total. The first-order chi connectivity index (χ1) is 33.3. The van der Waals surface area contributed by atoms with Gasteiger partial charge in [0.1, 0.15) is 11.2 Å². The number of benzene rings is 11. The number of nitrogens with zero attached hydrogens (tertiary/aromatic N) is 2. The van der Waals surface area contributed by atoms with Crippen LogP contribution in [0.25, 0.3) is 87.3 Å². The van der Waals surface area contributed by atoms with Crippen LogP contribution < -0.4 is 26.4 Å². The summed E-state index contributed by atoms with van der Waals surface area (Å²) in [7, 11) is 0. The van der Waals surface area contributed by atoms with Crippen LogP contribution in [0.15, 0.2) is 233 Å². The first-order valence-corrected chi connectivity index (χ1v) is 23.1. The number of anilines is 6.